The van der Waals surface area contributed by atoms with Crippen LogP contribution in [0.1, 0.15) is 15.9 Å². The van der Waals surface area contributed by atoms with Crippen LogP contribution in [-0.4, -0.2) is 19.4 Å². The lowest BCUT2D eigenvalue weighted by Crippen LogP contribution is -2.18. The molecule has 0 spiro atoms. The van der Waals surface area contributed by atoms with Crippen molar-refractivity contribution in [1.82, 2.24) is 0 Å². The van der Waals surface area contributed by atoms with Crippen LogP contribution >= 0.6 is 22.6 Å². The first-order valence-corrected chi connectivity index (χ1v) is 5.44. The third-order valence-electron chi connectivity index (χ3n) is 1.82. The van der Waals surface area contributed by atoms with Gasteiger partial charge in [-0.25, -0.2) is 4.79 Å². The predicted molar refractivity (Wildman–Crippen MR) is 61.9 cm³/mol. The second kappa shape index (κ2) is 5.43. The van der Waals surface area contributed by atoms with Crippen molar-refractivity contribution in [2.45, 2.75) is 6.36 Å². The van der Waals surface area contributed by atoms with Crippen molar-refractivity contribution in [3.05, 3.63) is 26.8 Å². The molecule has 0 aliphatic rings. The summed E-state index contributed by atoms with van der Waals surface area (Å²) in [6, 6.07) is 3.56. The molecule has 1 rings (SSSR count). The highest BCUT2D eigenvalue weighted by Gasteiger charge is 2.32. The van der Waals surface area contributed by atoms with Crippen molar-refractivity contribution >= 4 is 28.6 Å². The highest BCUT2D eigenvalue weighted by molar-refractivity contribution is 14.1. The highest BCUT2D eigenvalue weighted by atomic mass is 127. The number of esters is 1. The van der Waals surface area contributed by atoms with E-state index in [1.165, 1.54) is 0 Å². The molecular weight excluding hydrogens is 366 g/mol. The number of hydrogen-bond donors (Lipinski definition) is 0. The number of carbonyl (C=O) groups is 1. The molecule has 0 aromatic heterocycles. The van der Waals surface area contributed by atoms with E-state index in [4.69, 9.17) is 5.26 Å². The van der Waals surface area contributed by atoms with Crippen molar-refractivity contribution in [3.63, 3.8) is 0 Å². The fourth-order valence-corrected chi connectivity index (χ4v) is 1.70. The van der Waals surface area contributed by atoms with Gasteiger partial charge in [0.05, 0.1) is 21.8 Å². The third kappa shape index (κ3) is 3.49. The van der Waals surface area contributed by atoms with Gasteiger partial charge in [0.1, 0.15) is 11.8 Å². The van der Waals surface area contributed by atoms with Crippen LogP contribution in [0.4, 0.5) is 13.2 Å². The monoisotopic (exact) mass is 371 g/mol. The third-order valence-corrected chi connectivity index (χ3v) is 2.67. The van der Waals surface area contributed by atoms with Crippen LogP contribution in [-0.2, 0) is 4.74 Å². The van der Waals surface area contributed by atoms with Crippen molar-refractivity contribution in [3.8, 4) is 11.8 Å². The summed E-state index contributed by atoms with van der Waals surface area (Å²) in [4.78, 5) is 11.3. The van der Waals surface area contributed by atoms with E-state index >= 15 is 0 Å². The molecule has 0 fully saturated rings. The second-order valence-corrected chi connectivity index (χ2v) is 4.14. The first kappa shape index (κ1) is 14.6. The number of methoxy groups -OCH3 is 1. The topological polar surface area (TPSA) is 59.3 Å². The molecule has 18 heavy (non-hydrogen) atoms. The largest absolute Gasteiger partial charge is 0.573 e. The van der Waals surface area contributed by atoms with Crippen LogP contribution in [0.25, 0.3) is 0 Å². The van der Waals surface area contributed by atoms with E-state index in [0.717, 1.165) is 19.2 Å². The van der Waals surface area contributed by atoms with Gasteiger partial charge in [-0.2, -0.15) is 5.26 Å². The molecular formula is C10H5F3INO3. The van der Waals surface area contributed by atoms with E-state index in [9.17, 15) is 18.0 Å². The van der Waals surface area contributed by atoms with Gasteiger partial charge in [-0.15, -0.1) is 13.2 Å². The van der Waals surface area contributed by atoms with E-state index in [0.29, 0.717) is 0 Å². The molecule has 1 aromatic rings. The lowest BCUT2D eigenvalue weighted by Gasteiger charge is -2.12. The minimum absolute atomic E-state index is 0.0457. The van der Waals surface area contributed by atoms with E-state index in [1.807, 2.05) is 0 Å². The number of halogens is 4. The Morgan fingerprint density at radius 1 is 1.44 bits per heavy atom. The number of nitriles is 1. The van der Waals surface area contributed by atoms with Crippen LogP contribution < -0.4 is 4.74 Å². The average molecular weight is 371 g/mol. The van der Waals surface area contributed by atoms with Crippen molar-refractivity contribution in [2.75, 3.05) is 7.11 Å². The molecule has 96 valence electrons. The van der Waals surface area contributed by atoms with Gasteiger partial charge < -0.3 is 9.47 Å². The Balaban J connectivity index is 3.28. The number of rotatable bonds is 2. The van der Waals surface area contributed by atoms with Gasteiger partial charge in [-0.3, -0.25) is 0 Å². The van der Waals surface area contributed by atoms with Gasteiger partial charge in [0.15, 0.2) is 0 Å². The zero-order valence-electron chi connectivity index (χ0n) is 8.84. The van der Waals surface area contributed by atoms with Gasteiger partial charge in [-0.1, -0.05) is 0 Å². The summed E-state index contributed by atoms with van der Waals surface area (Å²) >= 11 is 1.57. The molecule has 0 heterocycles. The molecule has 0 bridgehead atoms. The normalized spacial score (nSPS) is 10.7. The first-order valence-electron chi connectivity index (χ1n) is 4.36. The van der Waals surface area contributed by atoms with Gasteiger partial charge >= 0.3 is 12.3 Å². The van der Waals surface area contributed by atoms with Crippen LogP contribution in [0.3, 0.4) is 0 Å². The SMILES string of the molecule is COC(=O)c1cc(I)c(OC(F)(F)F)cc1C#N. The van der Waals surface area contributed by atoms with E-state index < -0.39 is 18.1 Å². The highest BCUT2D eigenvalue weighted by Crippen LogP contribution is 2.30. The lowest BCUT2D eigenvalue weighted by molar-refractivity contribution is -0.274. The minimum Gasteiger partial charge on any atom is -0.465 e. The molecule has 8 heteroatoms. The molecule has 0 aliphatic heterocycles. The summed E-state index contributed by atoms with van der Waals surface area (Å²) in [5.74, 6) is -1.34. The Morgan fingerprint density at radius 3 is 2.50 bits per heavy atom. The van der Waals surface area contributed by atoms with Crippen LogP contribution in [0.5, 0.6) is 5.75 Å². The number of nitrogens with zero attached hydrogens (tertiary/aromatic N) is 1. The van der Waals surface area contributed by atoms with Crippen LogP contribution in [0, 0.1) is 14.9 Å². The molecule has 0 unspecified atom stereocenters. The Labute approximate surface area is 113 Å². The quantitative estimate of drug-likeness (QED) is 0.593. The van der Waals surface area contributed by atoms with Crippen molar-refractivity contribution in [2.24, 2.45) is 0 Å². The van der Waals surface area contributed by atoms with Gasteiger partial charge in [0.25, 0.3) is 0 Å². The average Bonchev–Trinajstić information content (AvgIpc) is 2.28. The van der Waals surface area contributed by atoms with Gasteiger partial charge in [0.2, 0.25) is 0 Å². The lowest BCUT2D eigenvalue weighted by atomic mass is 10.1. The number of hydrogen-bond acceptors (Lipinski definition) is 4. The van der Waals surface area contributed by atoms with E-state index in [2.05, 4.69) is 9.47 Å². The fourth-order valence-electron chi connectivity index (χ4n) is 1.13. The van der Waals surface area contributed by atoms with Crippen molar-refractivity contribution in [1.29, 1.82) is 5.26 Å². The number of benzene rings is 1. The van der Waals surface area contributed by atoms with Crippen LogP contribution in [0.15, 0.2) is 12.1 Å². The summed E-state index contributed by atoms with van der Waals surface area (Å²) in [5.41, 5.74) is -0.361. The minimum atomic E-state index is -4.86. The van der Waals surface area contributed by atoms with Crippen molar-refractivity contribution < 1.29 is 27.4 Å². The number of carbonyl (C=O) groups excluding carboxylic acids is 1. The number of alkyl halides is 3. The maximum Gasteiger partial charge on any atom is 0.573 e. The van der Waals surface area contributed by atoms with E-state index in [1.54, 1.807) is 28.7 Å². The predicted octanol–water partition coefficient (Wildman–Crippen LogP) is 2.85. The Bertz CT molecular complexity index is 522. The summed E-state index contributed by atoms with van der Waals surface area (Å²) < 4.78 is 44.4. The summed E-state index contributed by atoms with van der Waals surface area (Å²) in [7, 11) is 1.11. The molecule has 0 amide bonds. The summed E-state index contributed by atoms with van der Waals surface area (Å²) in [5, 5.41) is 8.78. The molecule has 0 atom stereocenters. The zero-order valence-corrected chi connectivity index (χ0v) is 11.0. The maximum absolute atomic E-state index is 12.1. The standard InChI is InChI=1S/C10H5F3INO3/c1-17-9(16)6-3-7(14)8(2-5(6)4-15)18-10(11,12)13/h2-3H,1H3. The molecule has 0 N–H and O–H groups in total. The Hall–Kier alpha value is -1.50. The molecule has 0 saturated heterocycles. The Morgan fingerprint density at radius 2 is 2.06 bits per heavy atom. The van der Waals surface area contributed by atoms with Crippen LogP contribution in [0.2, 0.25) is 0 Å². The Kier molecular flexibility index (Phi) is 4.39. The maximum atomic E-state index is 12.1. The molecule has 1 aromatic carbocycles. The van der Waals surface area contributed by atoms with Gasteiger partial charge in [0, 0.05) is 6.07 Å². The summed E-state index contributed by atoms with van der Waals surface area (Å²) in [6.45, 7) is 0. The molecule has 0 aliphatic carbocycles. The van der Waals surface area contributed by atoms with E-state index in [-0.39, 0.29) is 14.7 Å². The molecule has 0 radical (unpaired) electrons. The second-order valence-electron chi connectivity index (χ2n) is 2.98. The molecule has 0 saturated carbocycles. The van der Waals surface area contributed by atoms with Gasteiger partial charge in [-0.05, 0) is 28.7 Å². The fraction of sp³-hybridized carbons (Fsp3) is 0.200. The molecule has 4 nitrogen and oxygen atoms in total. The summed E-state index contributed by atoms with van der Waals surface area (Å²) in [6.07, 6.45) is -4.86. The smallest absolute Gasteiger partial charge is 0.465 e. The zero-order chi connectivity index (χ0) is 13.9. The number of ether oxygens (including phenoxy) is 2. The first-order chi connectivity index (χ1) is 8.28.